The molecular formula is C25H27N7O4. The van der Waals surface area contributed by atoms with Gasteiger partial charge in [-0.25, -0.2) is 4.98 Å². The third-order valence-electron chi connectivity index (χ3n) is 6.16. The zero-order chi connectivity index (χ0) is 25.1. The Morgan fingerprint density at radius 3 is 2.58 bits per heavy atom. The van der Waals surface area contributed by atoms with E-state index in [1.165, 1.54) is 0 Å². The molecule has 1 saturated heterocycles. The third-order valence-corrected chi connectivity index (χ3v) is 6.16. The van der Waals surface area contributed by atoms with Gasteiger partial charge in [-0.3, -0.25) is 9.89 Å². The number of carbonyl (C=O) groups is 1. The molecule has 4 aromatic rings. The van der Waals surface area contributed by atoms with Crippen LogP contribution in [0.15, 0.2) is 47.1 Å². The van der Waals surface area contributed by atoms with Gasteiger partial charge in [-0.15, -0.1) is 0 Å². The number of nitrogens with zero attached hydrogens (tertiary/aromatic N) is 6. The van der Waals surface area contributed by atoms with E-state index in [2.05, 4.69) is 30.2 Å². The molecule has 5 rings (SSSR count). The van der Waals surface area contributed by atoms with E-state index in [4.69, 9.17) is 14.0 Å². The average Bonchev–Trinajstić information content (AvgIpc) is 3.63. The molecule has 36 heavy (non-hydrogen) atoms. The molecule has 1 N–H and O–H groups in total. The first-order valence-corrected chi connectivity index (χ1v) is 11.7. The molecule has 11 heteroatoms. The van der Waals surface area contributed by atoms with E-state index in [9.17, 15) is 4.79 Å². The van der Waals surface area contributed by atoms with E-state index in [-0.39, 0.29) is 5.91 Å². The summed E-state index contributed by atoms with van der Waals surface area (Å²) in [6, 6.07) is 11.1. The molecule has 0 atom stereocenters. The number of methoxy groups -OCH3 is 2. The predicted molar refractivity (Wildman–Crippen MR) is 132 cm³/mol. The van der Waals surface area contributed by atoms with Crippen molar-refractivity contribution in [3.63, 3.8) is 0 Å². The van der Waals surface area contributed by atoms with E-state index >= 15 is 0 Å². The number of anilines is 1. The van der Waals surface area contributed by atoms with Gasteiger partial charge in [0.2, 0.25) is 11.7 Å². The van der Waals surface area contributed by atoms with Crippen LogP contribution in [-0.4, -0.2) is 76.5 Å². The van der Waals surface area contributed by atoms with Crippen LogP contribution in [0.4, 0.5) is 5.82 Å². The Kier molecular flexibility index (Phi) is 6.52. The first-order valence-electron chi connectivity index (χ1n) is 11.7. The van der Waals surface area contributed by atoms with Crippen LogP contribution in [0.2, 0.25) is 0 Å². The standard InChI is InChI=1S/C25H27N7O4/c1-4-23-27-24(30-36-23)16-5-8-22(26-15-16)31-9-11-32(12-10-31)25(33)20-14-19(28-29-20)18-13-17(34-2)6-7-21(18)35-3/h5-8,13-15H,4,9-12H2,1-3H3,(H,28,29). The quantitative estimate of drug-likeness (QED) is 0.417. The van der Waals surface area contributed by atoms with Crippen molar-refractivity contribution in [2.75, 3.05) is 45.3 Å². The van der Waals surface area contributed by atoms with Crippen LogP contribution in [0.25, 0.3) is 22.6 Å². The van der Waals surface area contributed by atoms with Gasteiger partial charge in [-0.05, 0) is 36.4 Å². The van der Waals surface area contributed by atoms with Gasteiger partial charge < -0.3 is 23.8 Å². The normalized spacial score (nSPS) is 13.6. The highest BCUT2D eigenvalue weighted by molar-refractivity contribution is 5.93. The Morgan fingerprint density at radius 1 is 1.08 bits per heavy atom. The van der Waals surface area contributed by atoms with Crippen LogP contribution in [-0.2, 0) is 6.42 Å². The summed E-state index contributed by atoms with van der Waals surface area (Å²) in [6.45, 7) is 4.45. The van der Waals surface area contributed by atoms with Crippen LogP contribution in [0.5, 0.6) is 11.5 Å². The zero-order valence-corrected chi connectivity index (χ0v) is 20.4. The molecule has 4 heterocycles. The van der Waals surface area contributed by atoms with E-state index < -0.39 is 0 Å². The highest BCUT2D eigenvalue weighted by atomic mass is 16.5. The molecule has 0 spiro atoms. The second-order valence-corrected chi connectivity index (χ2v) is 8.28. The van der Waals surface area contributed by atoms with Crippen molar-refractivity contribution in [1.82, 2.24) is 30.2 Å². The van der Waals surface area contributed by atoms with Gasteiger partial charge in [-0.1, -0.05) is 12.1 Å². The van der Waals surface area contributed by atoms with Gasteiger partial charge in [0.25, 0.3) is 5.91 Å². The maximum Gasteiger partial charge on any atom is 0.272 e. The van der Waals surface area contributed by atoms with Crippen LogP contribution in [0.3, 0.4) is 0 Å². The molecule has 1 aromatic carbocycles. The minimum absolute atomic E-state index is 0.0950. The molecule has 186 valence electrons. The minimum Gasteiger partial charge on any atom is -0.497 e. The molecule has 0 aliphatic carbocycles. The Labute approximate surface area is 208 Å². The summed E-state index contributed by atoms with van der Waals surface area (Å²) in [4.78, 5) is 26.0. The number of benzene rings is 1. The summed E-state index contributed by atoms with van der Waals surface area (Å²) in [5.41, 5.74) is 2.60. The number of aromatic amines is 1. The lowest BCUT2D eigenvalue weighted by atomic mass is 10.1. The number of ether oxygens (including phenoxy) is 2. The van der Waals surface area contributed by atoms with Crippen LogP contribution >= 0.6 is 0 Å². The molecule has 0 saturated carbocycles. The number of aromatic nitrogens is 5. The van der Waals surface area contributed by atoms with Crippen molar-refractivity contribution < 1.29 is 18.8 Å². The molecule has 11 nitrogen and oxygen atoms in total. The minimum atomic E-state index is -0.0950. The van der Waals surface area contributed by atoms with Gasteiger partial charge >= 0.3 is 0 Å². The van der Waals surface area contributed by atoms with E-state index in [0.717, 1.165) is 16.9 Å². The SMILES string of the molecule is CCc1nc(-c2ccc(N3CCN(C(=O)c4cc(-c5cc(OC)ccc5OC)n[nH]4)CC3)nc2)no1. The summed E-state index contributed by atoms with van der Waals surface area (Å²) >= 11 is 0. The first-order chi connectivity index (χ1) is 17.6. The average molecular weight is 490 g/mol. The molecule has 1 fully saturated rings. The van der Waals surface area contributed by atoms with Gasteiger partial charge in [0, 0.05) is 49.9 Å². The number of aryl methyl sites for hydroxylation is 1. The van der Waals surface area contributed by atoms with Crippen molar-refractivity contribution in [2.45, 2.75) is 13.3 Å². The number of pyridine rings is 1. The molecule has 1 aliphatic rings. The second-order valence-electron chi connectivity index (χ2n) is 8.28. The van der Waals surface area contributed by atoms with Crippen molar-refractivity contribution in [1.29, 1.82) is 0 Å². The summed E-state index contributed by atoms with van der Waals surface area (Å²) in [5.74, 6) is 3.22. The van der Waals surface area contributed by atoms with Crippen molar-refractivity contribution in [3.05, 3.63) is 54.2 Å². The second kappa shape index (κ2) is 10.1. The summed E-state index contributed by atoms with van der Waals surface area (Å²) in [5, 5.41) is 11.2. The lowest BCUT2D eigenvalue weighted by Crippen LogP contribution is -2.49. The van der Waals surface area contributed by atoms with Crippen molar-refractivity contribution in [3.8, 4) is 34.1 Å². The fourth-order valence-corrected chi connectivity index (χ4v) is 4.11. The highest BCUT2D eigenvalue weighted by Gasteiger charge is 2.25. The molecular weight excluding hydrogens is 462 g/mol. The van der Waals surface area contributed by atoms with Gasteiger partial charge in [0.1, 0.15) is 23.0 Å². The fourth-order valence-electron chi connectivity index (χ4n) is 4.11. The predicted octanol–water partition coefficient (Wildman–Crippen LogP) is 3.06. The van der Waals surface area contributed by atoms with Crippen LogP contribution in [0, 0.1) is 0 Å². The number of nitrogens with one attached hydrogen (secondary N) is 1. The van der Waals surface area contributed by atoms with E-state index in [1.54, 1.807) is 26.5 Å². The largest absolute Gasteiger partial charge is 0.497 e. The molecule has 1 aliphatic heterocycles. The Morgan fingerprint density at radius 2 is 1.92 bits per heavy atom. The lowest BCUT2D eigenvalue weighted by molar-refractivity contribution is 0.0740. The fraction of sp³-hybridized carbons (Fsp3) is 0.320. The smallest absolute Gasteiger partial charge is 0.272 e. The monoisotopic (exact) mass is 489 g/mol. The van der Waals surface area contributed by atoms with Crippen LogP contribution < -0.4 is 14.4 Å². The Hall–Kier alpha value is -4.41. The maximum absolute atomic E-state index is 13.1. The molecule has 3 aromatic heterocycles. The number of H-pyrrole nitrogens is 1. The number of hydrogen-bond acceptors (Lipinski definition) is 9. The molecule has 1 amide bonds. The summed E-state index contributed by atoms with van der Waals surface area (Å²) in [7, 11) is 3.20. The topological polar surface area (TPSA) is 123 Å². The number of amides is 1. The number of rotatable bonds is 7. The maximum atomic E-state index is 13.1. The van der Waals surface area contributed by atoms with E-state index in [0.29, 0.717) is 67.2 Å². The van der Waals surface area contributed by atoms with Gasteiger partial charge in [0.05, 0.1) is 19.9 Å². The number of hydrogen-bond donors (Lipinski definition) is 1. The molecule has 0 unspecified atom stereocenters. The first kappa shape index (κ1) is 23.3. The van der Waals surface area contributed by atoms with E-state index in [1.807, 2.05) is 42.2 Å². The summed E-state index contributed by atoms with van der Waals surface area (Å²) in [6.07, 6.45) is 2.44. The zero-order valence-electron chi connectivity index (χ0n) is 20.4. The summed E-state index contributed by atoms with van der Waals surface area (Å²) < 4.78 is 15.9. The number of carbonyl (C=O) groups excluding carboxylic acids is 1. The lowest BCUT2D eigenvalue weighted by Gasteiger charge is -2.35. The number of piperazine rings is 1. The Bertz CT molecular complexity index is 1340. The van der Waals surface area contributed by atoms with Gasteiger partial charge in [0.15, 0.2) is 0 Å². The third kappa shape index (κ3) is 4.59. The van der Waals surface area contributed by atoms with Crippen LogP contribution in [0.1, 0.15) is 23.3 Å². The highest BCUT2D eigenvalue weighted by Crippen LogP contribution is 2.32. The van der Waals surface area contributed by atoms with Crippen molar-refractivity contribution >= 4 is 11.7 Å². The molecule has 0 bridgehead atoms. The Balaban J connectivity index is 1.23. The van der Waals surface area contributed by atoms with Crippen molar-refractivity contribution in [2.24, 2.45) is 0 Å². The molecule has 0 radical (unpaired) electrons. The van der Waals surface area contributed by atoms with Gasteiger partial charge in [-0.2, -0.15) is 10.1 Å².